The Kier molecular flexibility index (Phi) is 4.46. The molecule has 0 spiro atoms. The minimum Gasteiger partial charge on any atom is -0.369 e. The van der Waals surface area contributed by atoms with E-state index in [9.17, 15) is 4.79 Å². The van der Waals surface area contributed by atoms with Gasteiger partial charge >= 0.3 is 0 Å². The van der Waals surface area contributed by atoms with Crippen molar-refractivity contribution in [2.45, 2.75) is 57.2 Å². The summed E-state index contributed by atoms with van der Waals surface area (Å²) in [5.74, 6) is -0.0142. The van der Waals surface area contributed by atoms with Gasteiger partial charge in [-0.05, 0) is 46.5 Å². The lowest BCUT2D eigenvalue weighted by Crippen LogP contribution is -2.35. The number of amides is 1. The zero-order valence-corrected chi connectivity index (χ0v) is 10.7. The average Bonchev–Trinajstić information content (AvgIpc) is 2.14. The molecule has 0 unspecified atom stereocenters. The number of nitrogens with two attached hydrogens (primary N) is 1. The van der Waals surface area contributed by atoms with Crippen molar-refractivity contribution in [2.75, 3.05) is 0 Å². The van der Waals surface area contributed by atoms with Crippen LogP contribution >= 0.6 is 11.9 Å². The zero-order valence-electron chi connectivity index (χ0n) is 9.88. The molecule has 1 amide bonds. The molecule has 0 heterocycles. The molecule has 1 rings (SSSR count). The van der Waals surface area contributed by atoms with Crippen molar-refractivity contribution in [2.24, 2.45) is 11.7 Å². The Hall–Kier alpha value is -0.220. The van der Waals surface area contributed by atoms with Crippen molar-refractivity contribution in [3.63, 3.8) is 0 Å². The molecule has 88 valence electrons. The first kappa shape index (κ1) is 12.8. The van der Waals surface area contributed by atoms with Crippen LogP contribution in [0.15, 0.2) is 0 Å². The molecule has 3 N–H and O–H groups in total. The maximum atomic E-state index is 11.0. The molecule has 1 saturated carbocycles. The highest BCUT2D eigenvalue weighted by Gasteiger charge is 2.25. The summed E-state index contributed by atoms with van der Waals surface area (Å²) in [6.07, 6.45) is 4.02. The van der Waals surface area contributed by atoms with Gasteiger partial charge in [-0.3, -0.25) is 9.52 Å². The summed E-state index contributed by atoms with van der Waals surface area (Å²) >= 11 is 1.78. The number of hydrogen-bond acceptors (Lipinski definition) is 3. The van der Waals surface area contributed by atoms with E-state index in [0.717, 1.165) is 25.7 Å². The van der Waals surface area contributed by atoms with E-state index in [1.165, 1.54) is 0 Å². The van der Waals surface area contributed by atoms with Crippen LogP contribution in [-0.4, -0.2) is 16.7 Å². The third-order valence-corrected chi connectivity index (χ3v) is 3.72. The predicted molar refractivity (Wildman–Crippen MR) is 65.4 cm³/mol. The predicted octanol–water partition coefficient (Wildman–Crippen LogP) is 2.07. The zero-order chi connectivity index (χ0) is 11.5. The first-order valence-corrected chi connectivity index (χ1v) is 6.43. The minimum absolute atomic E-state index is 0.114. The second kappa shape index (κ2) is 5.21. The Morgan fingerprint density at radius 1 is 1.27 bits per heavy atom. The Morgan fingerprint density at radius 3 is 2.20 bits per heavy atom. The molecule has 0 aliphatic heterocycles. The van der Waals surface area contributed by atoms with Gasteiger partial charge in [-0.1, -0.05) is 11.9 Å². The molecule has 1 aliphatic carbocycles. The van der Waals surface area contributed by atoms with Gasteiger partial charge in [-0.25, -0.2) is 0 Å². The van der Waals surface area contributed by atoms with Crippen molar-refractivity contribution >= 4 is 17.9 Å². The third-order valence-electron chi connectivity index (χ3n) is 2.66. The molecule has 0 aromatic carbocycles. The summed E-state index contributed by atoms with van der Waals surface area (Å²) < 4.78 is 3.74. The van der Waals surface area contributed by atoms with Gasteiger partial charge in [0.25, 0.3) is 0 Å². The normalized spacial score (nSPS) is 27.7. The second-order valence-electron chi connectivity index (χ2n) is 5.28. The summed E-state index contributed by atoms with van der Waals surface area (Å²) in [6, 6.07) is 0.546. The van der Waals surface area contributed by atoms with E-state index in [1.807, 2.05) is 0 Å². The first-order chi connectivity index (χ1) is 6.88. The van der Waals surface area contributed by atoms with Gasteiger partial charge in [0.15, 0.2) is 0 Å². The lowest BCUT2D eigenvalue weighted by Gasteiger charge is -2.29. The maximum absolute atomic E-state index is 11.0. The second-order valence-corrected chi connectivity index (χ2v) is 6.95. The number of rotatable bonds is 3. The van der Waals surface area contributed by atoms with Crippen LogP contribution in [0.2, 0.25) is 0 Å². The molecular weight excluding hydrogens is 208 g/mol. The number of nitrogens with one attached hydrogen (secondary N) is 1. The van der Waals surface area contributed by atoms with E-state index in [1.54, 1.807) is 11.9 Å². The number of carbonyl (C=O) groups is 1. The summed E-state index contributed by atoms with van der Waals surface area (Å²) in [5.41, 5.74) is 5.29. The van der Waals surface area contributed by atoms with Crippen LogP contribution in [0.25, 0.3) is 0 Å². The molecule has 0 radical (unpaired) electrons. The van der Waals surface area contributed by atoms with Crippen molar-refractivity contribution in [3.8, 4) is 0 Å². The number of carbonyl (C=O) groups excluding carboxylic acids is 1. The van der Waals surface area contributed by atoms with Crippen molar-refractivity contribution in [3.05, 3.63) is 0 Å². The molecule has 0 saturated heterocycles. The van der Waals surface area contributed by atoms with Gasteiger partial charge < -0.3 is 5.73 Å². The van der Waals surface area contributed by atoms with Crippen molar-refractivity contribution < 1.29 is 4.79 Å². The molecule has 0 aromatic rings. The average molecular weight is 230 g/mol. The Labute approximate surface area is 96.7 Å². The van der Waals surface area contributed by atoms with Gasteiger partial charge in [0.1, 0.15) is 0 Å². The third kappa shape index (κ3) is 4.89. The lowest BCUT2D eigenvalue weighted by atomic mass is 9.86. The monoisotopic (exact) mass is 230 g/mol. The quantitative estimate of drug-likeness (QED) is 0.730. The minimum atomic E-state index is -0.128. The smallest absolute Gasteiger partial charge is 0.220 e. The van der Waals surface area contributed by atoms with Crippen LogP contribution in [0.1, 0.15) is 46.5 Å². The fraction of sp³-hybridized carbons (Fsp3) is 0.909. The molecule has 1 fully saturated rings. The van der Waals surface area contributed by atoms with Crippen LogP contribution in [-0.2, 0) is 4.79 Å². The summed E-state index contributed by atoms with van der Waals surface area (Å²) in [4.78, 5) is 11.0. The van der Waals surface area contributed by atoms with Crippen LogP contribution < -0.4 is 10.5 Å². The molecule has 1 aliphatic rings. The molecule has 15 heavy (non-hydrogen) atoms. The summed E-state index contributed by atoms with van der Waals surface area (Å²) in [7, 11) is 0. The van der Waals surface area contributed by atoms with Crippen LogP contribution in [0.3, 0.4) is 0 Å². The Morgan fingerprint density at radius 2 is 1.80 bits per heavy atom. The van der Waals surface area contributed by atoms with Gasteiger partial charge in [-0.15, -0.1) is 0 Å². The molecule has 3 nitrogen and oxygen atoms in total. The SMILES string of the molecule is CC(C)(C)SNC1CCC(C(N)=O)CC1. The van der Waals surface area contributed by atoms with Gasteiger partial charge in [0.05, 0.1) is 0 Å². The number of primary amides is 1. The van der Waals surface area contributed by atoms with E-state index in [0.29, 0.717) is 6.04 Å². The van der Waals surface area contributed by atoms with Crippen LogP contribution in [0.5, 0.6) is 0 Å². The maximum Gasteiger partial charge on any atom is 0.220 e. The standard InChI is InChI=1S/C11H22N2OS/c1-11(2,3)15-13-9-6-4-8(5-7-9)10(12)14/h8-9,13H,4-7H2,1-3H3,(H2,12,14). The number of hydrogen-bond donors (Lipinski definition) is 2. The first-order valence-electron chi connectivity index (χ1n) is 5.61. The highest BCUT2D eigenvalue weighted by atomic mass is 32.2. The molecule has 0 atom stereocenters. The van der Waals surface area contributed by atoms with E-state index in [2.05, 4.69) is 25.5 Å². The van der Waals surface area contributed by atoms with E-state index in [4.69, 9.17) is 5.73 Å². The largest absolute Gasteiger partial charge is 0.369 e. The highest BCUT2D eigenvalue weighted by molar-refractivity contribution is 7.98. The van der Waals surface area contributed by atoms with Crippen molar-refractivity contribution in [1.29, 1.82) is 0 Å². The molecule has 0 bridgehead atoms. The van der Waals surface area contributed by atoms with Crippen LogP contribution in [0, 0.1) is 5.92 Å². The molecule has 0 aromatic heterocycles. The Balaban J connectivity index is 2.23. The van der Waals surface area contributed by atoms with E-state index in [-0.39, 0.29) is 16.6 Å². The molecular formula is C11H22N2OS. The highest BCUT2D eigenvalue weighted by Crippen LogP contribution is 2.27. The van der Waals surface area contributed by atoms with Crippen LogP contribution in [0.4, 0.5) is 0 Å². The summed E-state index contributed by atoms with van der Waals surface area (Å²) in [6.45, 7) is 6.58. The van der Waals surface area contributed by atoms with Crippen molar-refractivity contribution in [1.82, 2.24) is 4.72 Å². The topological polar surface area (TPSA) is 55.1 Å². The van der Waals surface area contributed by atoms with Gasteiger partial charge in [0.2, 0.25) is 5.91 Å². The van der Waals surface area contributed by atoms with E-state index < -0.39 is 0 Å². The molecule has 4 heteroatoms. The lowest BCUT2D eigenvalue weighted by molar-refractivity contribution is -0.122. The Bertz CT molecular complexity index is 217. The van der Waals surface area contributed by atoms with E-state index >= 15 is 0 Å². The van der Waals surface area contributed by atoms with Gasteiger partial charge in [-0.2, -0.15) is 0 Å². The fourth-order valence-corrected chi connectivity index (χ4v) is 2.51. The fourth-order valence-electron chi connectivity index (χ4n) is 1.76. The summed E-state index contributed by atoms with van der Waals surface area (Å²) in [5, 5.41) is 0. The van der Waals surface area contributed by atoms with Gasteiger partial charge in [0, 0.05) is 16.7 Å².